The van der Waals surface area contributed by atoms with E-state index in [1.54, 1.807) is 7.05 Å². The Morgan fingerprint density at radius 1 is 1.25 bits per heavy atom. The summed E-state index contributed by atoms with van der Waals surface area (Å²) in [7, 11) is -2.38. The van der Waals surface area contributed by atoms with Crippen LogP contribution in [0.1, 0.15) is 0 Å². The minimum atomic E-state index is -3.98. The minimum absolute atomic E-state index is 0.174. The number of hydrogen-bond acceptors (Lipinski definition) is 5. The van der Waals surface area contributed by atoms with Gasteiger partial charge in [-0.25, -0.2) is 22.8 Å². The second kappa shape index (κ2) is 5.59. The maximum Gasteiger partial charge on any atom is 0.265 e. The summed E-state index contributed by atoms with van der Waals surface area (Å²) < 4.78 is 39.8. The molecule has 2 rings (SSSR count). The fraction of sp³-hybridized carbons (Fsp3) is 0.0909. The highest BCUT2D eigenvalue weighted by Crippen LogP contribution is 2.24. The van der Waals surface area contributed by atoms with Crippen LogP contribution in [0.5, 0.6) is 0 Å². The number of aromatic nitrogens is 2. The summed E-state index contributed by atoms with van der Waals surface area (Å²) in [5.41, 5.74) is -0.241. The van der Waals surface area contributed by atoms with Crippen LogP contribution in [0.15, 0.2) is 35.5 Å². The fourth-order valence-corrected chi connectivity index (χ4v) is 2.49. The van der Waals surface area contributed by atoms with Gasteiger partial charge >= 0.3 is 0 Å². The van der Waals surface area contributed by atoms with Crippen LogP contribution < -0.4 is 10.0 Å². The molecule has 0 aliphatic carbocycles. The standard InChI is InChI=1S/C11H10ClFN4O2S/c1-14-11-15-5-7(6-16-11)20(18,19)17-9-4-2-3-8(12)10(9)13/h2-6,17H,1H3,(H,14,15,16). The van der Waals surface area contributed by atoms with Crippen LogP contribution in [0.25, 0.3) is 0 Å². The molecule has 0 atom stereocenters. The summed E-state index contributed by atoms with van der Waals surface area (Å²) in [6, 6.07) is 4.02. The first-order valence-corrected chi connectivity index (χ1v) is 7.27. The van der Waals surface area contributed by atoms with Crippen LogP contribution in [0, 0.1) is 5.82 Å². The molecule has 0 amide bonds. The lowest BCUT2D eigenvalue weighted by Crippen LogP contribution is -2.15. The lowest BCUT2D eigenvalue weighted by atomic mass is 10.3. The van der Waals surface area contributed by atoms with Crippen molar-refractivity contribution < 1.29 is 12.8 Å². The molecule has 0 unspecified atom stereocenters. The van der Waals surface area contributed by atoms with Gasteiger partial charge in [0.15, 0.2) is 5.82 Å². The lowest BCUT2D eigenvalue weighted by Gasteiger charge is -2.09. The molecule has 0 fully saturated rings. The van der Waals surface area contributed by atoms with Gasteiger partial charge in [0.05, 0.1) is 23.1 Å². The second-order valence-corrected chi connectivity index (χ2v) is 5.79. The summed E-state index contributed by atoms with van der Waals surface area (Å²) in [5.74, 6) is -0.566. The largest absolute Gasteiger partial charge is 0.357 e. The first-order valence-electron chi connectivity index (χ1n) is 5.40. The van der Waals surface area contributed by atoms with Gasteiger partial charge in [0.25, 0.3) is 10.0 Å². The minimum Gasteiger partial charge on any atom is -0.357 e. The van der Waals surface area contributed by atoms with Crippen LogP contribution >= 0.6 is 11.6 Å². The Hall–Kier alpha value is -1.93. The number of hydrogen-bond donors (Lipinski definition) is 2. The van der Waals surface area contributed by atoms with Gasteiger partial charge in [-0.2, -0.15) is 0 Å². The molecule has 0 saturated carbocycles. The molecule has 0 aliphatic rings. The Bertz CT molecular complexity index is 722. The molecule has 106 valence electrons. The second-order valence-electron chi connectivity index (χ2n) is 3.70. The first-order chi connectivity index (χ1) is 9.44. The van der Waals surface area contributed by atoms with Gasteiger partial charge < -0.3 is 5.32 Å². The van der Waals surface area contributed by atoms with Crippen molar-refractivity contribution in [1.29, 1.82) is 0 Å². The van der Waals surface area contributed by atoms with E-state index in [9.17, 15) is 12.8 Å². The van der Waals surface area contributed by atoms with Crippen LogP contribution in [-0.2, 0) is 10.0 Å². The van der Waals surface area contributed by atoms with Gasteiger partial charge in [-0.05, 0) is 12.1 Å². The van der Waals surface area contributed by atoms with Crippen molar-refractivity contribution in [2.45, 2.75) is 4.90 Å². The van der Waals surface area contributed by atoms with E-state index in [0.717, 1.165) is 12.4 Å². The van der Waals surface area contributed by atoms with Crippen molar-refractivity contribution in [1.82, 2.24) is 9.97 Å². The molecule has 20 heavy (non-hydrogen) atoms. The summed E-state index contributed by atoms with van der Waals surface area (Å²) >= 11 is 5.59. The molecule has 1 heterocycles. The van der Waals surface area contributed by atoms with Crippen molar-refractivity contribution in [3.63, 3.8) is 0 Å². The Kier molecular flexibility index (Phi) is 4.05. The number of nitrogens with one attached hydrogen (secondary N) is 2. The van der Waals surface area contributed by atoms with Gasteiger partial charge in [0, 0.05) is 7.05 Å². The molecule has 1 aromatic heterocycles. The van der Waals surface area contributed by atoms with Gasteiger partial charge in [-0.3, -0.25) is 4.72 Å². The Morgan fingerprint density at radius 2 is 1.90 bits per heavy atom. The Balaban J connectivity index is 2.33. The molecule has 0 spiro atoms. The summed E-state index contributed by atoms with van der Waals surface area (Å²) in [6.07, 6.45) is 2.23. The molecule has 6 nitrogen and oxygen atoms in total. The summed E-state index contributed by atoms with van der Waals surface area (Å²) in [6.45, 7) is 0. The van der Waals surface area contributed by atoms with Crippen molar-refractivity contribution in [2.75, 3.05) is 17.1 Å². The van der Waals surface area contributed by atoms with Crippen LogP contribution in [0.4, 0.5) is 16.0 Å². The number of anilines is 2. The van der Waals surface area contributed by atoms with Gasteiger partial charge in [0.2, 0.25) is 5.95 Å². The van der Waals surface area contributed by atoms with Crippen molar-refractivity contribution >= 4 is 33.3 Å². The van der Waals surface area contributed by atoms with Crippen molar-refractivity contribution in [2.24, 2.45) is 0 Å². The van der Waals surface area contributed by atoms with E-state index in [2.05, 4.69) is 20.0 Å². The molecule has 1 aromatic carbocycles. The van der Waals surface area contributed by atoms with E-state index < -0.39 is 15.8 Å². The zero-order chi connectivity index (χ0) is 14.8. The maximum absolute atomic E-state index is 13.7. The van der Waals surface area contributed by atoms with E-state index in [0.29, 0.717) is 0 Å². The molecule has 0 bridgehead atoms. The van der Waals surface area contributed by atoms with Crippen molar-refractivity contribution in [3.8, 4) is 0 Å². The molecular formula is C11H10ClFN4O2S. The van der Waals surface area contributed by atoms with E-state index >= 15 is 0 Å². The van der Waals surface area contributed by atoms with E-state index in [-0.39, 0.29) is 21.6 Å². The Morgan fingerprint density at radius 3 is 2.50 bits per heavy atom. The Labute approximate surface area is 120 Å². The maximum atomic E-state index is 13.7. The van der Waals surface area contributed by atoms with E-state index in [1.165, 1.54) is 18.2 Å². The molecular weight excluding hydrogens is 307 g/mol. The summed E-state index contributed by atoms with van der Waals surface area (Å²) in [4.78, 5) is 7.38. The number of benzene rings is 1. The molecule has 0 saturated heterocycles. The van der Waals surface area contributed by atoms with Crippen LogP contribution in [0.3, 0.4) is 0 Å². The first kappa shape index (κ1) is 14.5. The van der Waals surface area contributed by atoms with Crippen LogP contribution in [0.2, 0.25) is 5.02 Å². The SMILES string of the molecule is CNc1ncc(S(=O)(=O)Nc2cccc(Cl)c2F)cn1. The van der Waals surface area contributed by atoms with Gasteiger partial charge in [-0.15, -0.1) is 0 Å². The number of sulfonamides is 1. The monoisotopic (exact) mass is 316 g/mol. The number of nitrogens with zero attached hydrogens (tertiary/aromatic N) is 2. The predicted molar refractivity (Wildman–Crippen MR) is 73.8 cm³/mol. The fourth-order valence-electron chi connectivity index (χ4n) is 1.37. The molecule has 0 radical (unpaired) electrons. The normalized spacial score (nSPS) is 11.2. The topological polar surface area (TPSA) is 84.0 Å². The van der Waals surface area contributed by atoms with E-state index in [4.69, 9.17) is 11.6 Å². The summed E-state index contributed by atoms with van der Waals surface area (Å²) in [5, 5.41) is 2.48. The van der Waals surface area contributed by atoms with Gasteiger partial charge in [0.1, 0.15) is 4.90 Å². The highest BCUT2D eigenvalue weighted by atomic mass is 35.5. The average Bonchev–Trinajstić information content (AvgIpc) is 2.44. The van der Waals surface area contributed by atoms with E-state index in [1.807, 2.05) is 0 Å². The predicted octanol–water partition coefficient (Wildman–Crippen LogP) is 2.11. The van der Waals surface area contributed by atoms with Crippen molar-refractivity contribution in [3.05, 3.63) is 41.4 Å². The highest BCUT2D eigenvalue weighted by Gasteiger charge is 2.18. The van der Waals surface area contributed by atoms with Gasteiger partial charge in [-0.1, -0.05) is 17.7 Å². The molecule has 9 heteroatoms. The number of halogens is 2. The zero-order valence-electron chi connectivity index (χ0n) is 10.3. The third-order valence-electron chi connectivity index (χ3n) is 2.36. The van der Waals surface area contributed by atoms with Crippen LogP contribution in [-0.4, -0.2) is 25.4 Å². The number of rotatable bonds is 4. The zero-order valence-corrected chi connectivity index (χ0v) is 11.8. The molecule has 2 aromatic rings. The average molecular weight is 317 g/mol. The smallest absolute Gasteiger partial charge is 0.265 e. The molecule has 0 aliphatic heterocycles. The lowest BCUT2D eigenvalue weighted by molar-refractivity contribution is 0.598. The third-order valence-corrected chi connectivity index (χ3v) is 3.97. The third kappa shape index (κ3) is 2.97. The highest BCUT2D eigenvalue weighted by molar-refractivity contribution is 7.92. The molecule has 2 N–H and O–H groups in total. The quantitative estimate of drug-likeness (QED) is 0.902.